The van der Waals surface area contributed by atoms with Crippen molar-refractivity contribution in [2.45, 2.75) is 6.54 Å². The van der Waals surface area contributed by atoms with Gasteiger partial charge in [0.1, 0.15) is 12.4 Å². The van der Waals surface area contributed by atoms with E-state index < -0.39 is 0 Å². The lowest BCUT2D eigenvalue weighted by Crippen LogP contribution is -2.27. The highest BCUT2D eigenvalue weighted by atomic mass is 16.5. The first kappa shape index (κ1) is 13.5. The van der Waals surface area contributed by atoms with Crippen molar-refractivity contribution in [3.05, 3.63) is 29.8 Å². The maximum Gasteiger partial charge on any atom is 0.246 e. The molecule has 1 rings (SSSR count). The Hall–Kier alpha value is -1.59. The van der Waals surface area contributed by atoms with E-state index in [-0.39, 0.29) is 18.3 Å². The summed E-state index contributed by atoms with van der Waals surface area (Å²) < 4.78 is 9.85. The van der Waals surface area contributed by atoms with Gasteiger partial charge >= 0.3 is 0 Å². The molecule has 5 nitrogen and oxygen atoms in total. The number of carbonyl (C=O) groups is 1. The van der Waals surface area contributed by atoms with Crippen molar-refractivity contribution in [1.82, 2.24) is 5.32 Å². The van der Waals surface area contributed by atoms with E-state index in [0.717, 1.165) is 5.56 Å². The van der Waals surface area contributed by atoms with Gasteiger partial charge in [-0.15, -0.1) is 0 Å². The van der Waals surface area contributed by atoms with Gasteiger partial charge < -0.3 is 19.9 Å². The van der Waals surface area contributed by atoms with Gasteiger partial charge in [0.2, 0.25) is 5.91 Å². The van der Waals surface area contributed by atoms with Crippen LogP contribution >= 0.6 is 0 Å². The van der Waals surface area contributed by atoms with Crippen molar-refractivity contribution in [1.29, 1.82) is 0 Å². The Balaban J connectivity index is 2.17. The van der Waals surface area contributed by atoms with Gasteiger partial charge in [0.05, 0.1) is 13.2 Å². The van der Waals surface area contributed by atoms with Crippen LogP contribution in [0.25, 0.3) is 0 Å². The Kier molecular flexibility index (Phi) is 6.06. The molecule has 0 heterocycles. The van der Waals surface area contributed by atoms with Crippen molar-refractivity contribution in [2.24, 2.45) is 0 Å². The summed E-state index contributed by atoms with van der Waals surface area (Å²) in [7, 11) is 1.58. The molecule has 0 bridgehead atoms. The summed E-state index contributed by atoms with van der Waals surface area (Å²) in [5.41, 5.74) is 0.924. The molecule has 0 spiro atoms. The zero-order chi connectivity index (χ0) is 12.5. The van der Waals surface area contributed by atoms with E-state index in [1.807, 2.05) is 0 Å². The Morgan fingerprint density at radius 2 is 2.00 bits per heavy atom. The number of rotatable bonds is 7. The van der Waals surface area contributed by atoms with E-state index >= 15 is 0 Å². The van der Waals surface area contributed by atoms with Crippen molar-refractivity contribution in [2.75, 3.05) is 26.9 Å². The molecular weight excluding hydrogens is 222 g/mol. The molecule has 0 aliphatic carbocycles. The minimum absolute atomic E-state index is 0.0292. The SMILES string of the molecule is COCCOCC(=O)NCc1ccc(O)cc1. The van der Waals surface area contributed by atoms with Crippen LogP contribution in [0.4, 0.5) is 0 Å². The third-order valence-corrected chi connectivity index (χ3v) is 2.09. The highest BCUT2D eigenvalue weighted by molar-refractivity contribution is 5.77. The van der Waals surface area contributed by atoms with Crippen LogP contribution in [0.15, 0.2) is 24.3 Å². The second kappa shape index (κ2) is 7.65. The number of ether oxygens (including phenoxy) is 2. The molecule has 0 aliphatic heterocycles. The Morgan fingerprint density at radius 1 is 1.29 bits per heavy atom. The van der Waals surface area contributed by atoms with Crippen molar-refractivity contribution < 1.29 is 19.4 Å². The summed E-state index contributed by atoms with van der Waals surface area (Å²) >= 11 is 0. The maximum absolute atomic E-state index is 11.3. The highest BCUT2D eigenvalue weighted by Crippen LogP contribution is 2.08. The van der Waals surface area contributed by atoms with Crippen LogP contribution in [0, 0.1) is 0 Å². The van der Waals surface area contributed by atoms with Crippen LogP contribution < -0.4 is 5.32 Å². The fourth-order valence-corrected chi connectivity index (χ4v) is 1.17. The average Bonchev–Trinajstić information content (AvgIpc) is 2.34. The number of benzene rings is 1. The Bertz CT molecular complexity index is 337. The lowest BCUT2D eigenvalue weighted by molar-refractivity contribution is -0.126. The third kappa shape index (κ3) is 5.89. The standard InChI is InChI=1S/C12H17NO4/c1-16-6-7-17-9-12(15)13-8-10-2-4-11(14)5-3-10/h2-5,14H,6-9H2,1H3,(H,13,15). The number of phenols is 1. The number of hydrogen-bond donors (Lipinski definition) is 2. The zero-order valence-electron chi connectivity index (χ0n) is 9.81. The molecule has 0 saturated carbocycles. The minimum Gasteiger partial charge on any atom is -0.508 e. The van der Waals surface area contributed by atoms with Crippen LogP contribution in [-0.4, -0.2) is 37.9 Å². The summed E-state index contributed by atoms with van der Waals surface area (Å²) in [4.78, 5) is 11.3. The predicted molar refractivity (Wildman–Crippen MR) is 62.6 cm³/mol. The van der Waals surface area contributed by atoms with Gasteiger partial charge in [0.15, 0.2) is 0 Å². The first-order valence-corrected chi connectivity index (χ1v) is 5.33. The smallest absolute Gasteiger partial charge is 0.246 e. The van der Waals surface area contributed by atoms with Gasteiger partial charge in [0.25, 0.3) is 0 Å². The molecule has 0 aromatic heterocycles. The average molecular weight is 239 g/mol. The zero-order valence-corrected chi connectivity index (χ0v) is 9.81. The normalized spacial score (nSPS) is 10.2. The number of nitrogens with one attached hydrogen (secondary N) is 1. The van der Waals surface area contributed by atoms with E-state index in [0.29, 0.717) is 19.8 Å². The summed E-state index contributed by atoms with van der Waals surface area (Å²) in [6.07, 6.45) is 0. The molecule has 0 aliphatic rings. The molecular formula is C12H17NO4. The van der Waals surface area contributed by atoms with Gasteiger partial charge in [0, 0.05) is 13.7 Å². The molecule has 1 amide bonds. The summed E-state index contributed by atoms with van der Waals surface area (Å²) in [6, 6.07) is 6.66. The van der Waals surface area contributed by atoms with Crippen LogP contribution in [0.1, 0.15) is 5.56 Å². The second-order valence-corrected chi connectivity index (χ2v) is 3.49. The molecule has 0 fully saturated rings. The highest BCUT2D eigenvalue weighted by Gasteiger charge is 2.01. The lowest BCUT2D eigenvalue weighted by atomic mass is 10.2. The molecule has 5 heteroatoms. The number of methoxy groups -OCH3 is 1. The Labute approximate surface area is 100 Å². The molecule has 0 radical (unpaired) electrons. The number of hydrogen-bond acceptors (Lipinski definition) is 4. The fraction of sp³-hybridized carbons (Fsp3) is 0.417. The van der Waals surface area contributed by atoms with E-state index in [4.69, 9.17) is 14.6 Å². The van der Waals surface area contributed by atoms with E-state index in [2.05, 4.69) is 5.32 Å². The summed E-state index contributed by atoms with van der Waals surface area (Å²) in [6.45, 7) is 1.34. The van der Waals surface area contributed by atoms with Crippen molar-refractivity contribution in [3.8, 4) is 5.75 Å². The van der Waals surface area contributed by atoms with E-state index in [1.165, 1.54) is 0 Å². The van der Waals surface area contributed by atoms with Crippen LogP contribution in [0.3, 0.4) is 0 Å². The number of carbonyl (C=O) groups excluding carboxylic acids is 1. The van der Waals surface area contributed by atoms with Crippen molar-refractivity contribution in [3.63, 3.8) is 0 Å². The number of phenolic OH excluding ortho intramolecular Hbond substituents is 1. The largest absolute Gasteiger partial charge is 0.508 e. The molecule has 17 heavy (non-hydrogen) atoms. The van der Waals surface area contributed by atoms with E-state index in [1.54, 1.807) is 31.4 Å². The van der Waals surface area contributed by atoms with Crippen LogP contribution in [0.2, 0.25) is 0 Å². The maximum atomic E-state index is 11.3. The topological polar surface area (TPSA) is 67.8 Å². The van der Waals surface area contributed by atoms with E-state index in [9.17, 15) is 4.79 Å². The predicted octanol–water partition coefficient (Wildman–Crippen LogP) is 0.671. The first-order chi connectivity index (χ1) is 8.22. The first-order valence-electron chi connectivity index (χ1n) is 5.33. The van der Waals surface area contributed by atoms with Gasteiger partial charge in [-0.3, -0.25) is 4.79 Å². The van der Waals surface area contributed by atoms with Gasteiger partial charge in [-0.25, -0.2) is 0 Å². The molecule has 94 valence electrons. The molecule has 0 saturated heterocycles. The molecule has 0 atom stereocenters. The number of aromatic hydroxyl groups is 1. The molecule has 2 N–H and O–H groups in total. The van der Waals surface area contributed by atoms with Crippen molar-refractivity contribution >= 4 is 5.91 Å². The minimum atomic E-state index is -0.172. The number of amides is 1. The third-order valence-electron chi connectivity index (χ3n) is 2.09. The van der Waals surface area contributed by atoms with Crippen LogP contribution in [-0.2, 0) is 20.8 Å². The summed E-state index contributed by atoms with van der Waals surface area (Å²) in [5, 5.41) is 11.8. The van der Waals surface area contributed by atoms with Crippen LogP contribution in [0.5, 0.6) is 5.75 Å². The fourth-order valence-electron chi connectivity index (χ4n) is 1.17. The van der Waals surface area contributed by atoms with Gasteiger partial charge in [-0.1, -0.05) is 12.1 Å². The monoisotopic (exact) mass is 239 g/mol. The Morgan fingerprint density at radius 3 is 2.65 bits per heavy atom. The lowest BCUT2D eigenvalue weighted by Gasteiger charge is -2.06. The molecule has 0 unspecified atom stereocenters. The van der Waals surface area contributed by atoms with Gasteiger partial charge in [-0.2, -0.15) is 0 Å². The quantitative estimate of drug-likeness (QED) is 0.686. The van der Waals surface area contributed by atoms with Gasteiger partial charge in [-0.05, 0) is 17.7 Å². The molecule has 1 aromatic carbocycles. The molecule has 1 aromatic rings. The summed E-state index contributed by atoms with van der Waals surface area (Å²) in [5.74, 6) is 0.0390. The second-order valence-electron chi connectivity index (χ2n) is 3.49.